The van der Waals surface area contributed by atoms with Crippen molar-refractivity contribution in [2.75, 3.05) is 0 Å². The number of benzene rings is 4. The minimum atomic E-state index is -0.00618. The van der Waals surface area contributed by atoms with E-state index in [1.54, 1.807) is 0 Å². The Morgan fingerprint density at radius 1 is 0.854 bits per heavy atom. The second-order valence-electron chi connectivity index (χ2n) is 14.0. The molecule has 4 aromatic carbocycles. The molecule has 0 amide bonds. The summed E-state index contributed by atoms with van der Waals surface area (Å²) in [7, 11) is 0. The van der Waals surface area contributed by atoms with Gasteiger partial charge in [0.2, 0.25) is 0 Å². The van der Waals surface area contributed by atoms with E-state index in [9.17, 15) is 0 Å². The molecule has 0 aliphatic rings. The van der Waals surface area contributed by atoms with E-state index in [1.165, 1.54) is 22.3 Å². The van der Waals surface area contributed by atoms with Crippen LogP contribution in [0, 0.1) is 31.9 Å². The third-order valence-corrected chi connectivity index (χ3v) is 8.63. The van der Waals surface area contributed by atoms with Crippen LogP contribution in [0.15, 0.2) is 97.5 Å². The first-order valence-corrected chi connectivity index (χ1v) is 16.3. The molecule has 0 spiro atoms. The molecule has 3 aromatic heterocycles. The van der Waals surface area contributed by atoms with Gasteiger partial charge in [-0.15, -0.1) is 35.7 Å². The standard InChI is InChI=1S/C42H40N4O.Pt/c1-27(2)19-30-21-29(4)41(37(22-30)42(5,6)7)31-25-44-45(26-31)32-11-10-12-33(23-32)47-34-15-16-36-35-13-8-9-14-38(35)46(39(36)24-34)40-20-28(3)17-18-43-40;/h8-18,20-22,25-27H,19H2,1-7H3;/q-2;+2. The summed E-state index contributed by atoms with van der Waals surface area (Å²) in [6, 6.07) is 34.1. The van der Waals surface area contributed by atoms with Gasteiger partial charge in [-0.25, -0.2) is 4.98 Å². The summed E-state index contributed by atoms with van der Waals surface area (Å²) in [4.78, 5) is 4.69. The molecule has 0 aliphatic carbocycles. The van der Waals surface area contributed by atoms with Gasteiger partial charge in [-0.3, -0.25) is 4.68 Å². The Morgan fingerprint density at radius 3 is 2.42 bits per heavy atom. The Balaban J connectivity index is 0.00000401. The first-order valence-electron chi connectivity index (χ1n) is 16.3. The largest absolute Gasteiger partial charge is 2.00 e. The van der Waals surface area contributed by atoms with Crippen LogP contribution in [-0.4, -0.2) is 19.3 Å². The average molecular weight is 812 g/mol. The van der Waals surface area contributed by atoms with Crippen LogP contribution in [0.25, 0.3) is 44.4 Å². The van der Waals surface area contributed by atoms with Crippen molar-refractivity contribution in [3.05, 3.63) is 132 Å². The third kappa shape index (κ3) is 6.49. The molecular weight excluding hydrogens is 772 g/mol. The first kappa shape index (κ1) is 33.4. The number of ether oxygens (including phenoxy) is 1. The molecule has 6 heteroatoms. The molecule has 244 valence electrons. The fourth-order valence-electron chi connectivity index (χ4n) is 6.57. The quantitative estimate of drug-likeness (QED) is 0.151. The van der Waals surface area contributed by atoms with Crippen molar-refractivity contribution in [2.45, 2.75) is 60.3 Å². The number of para-hydroxylation sites is 1. The second-order valence-corrected chi connectivity index (χ2v) is 14.0. The fraction of sp³-hybridized carbons (Fsp3) is 0.238. The summed E-state index contributed by atoms with van der Waals surface area (Å²) < 4.78 is 10.4. The minimum absolute atomic E-state index is 0. The van der Waals surface area contributed by atoms with Gasteiger partial charge in [-0.05, 0) is 88.7 Å². The maximum absolute atomic E-state index is 6.39. The molecule has 3 heterocycles. The maximum atomic E-state index is 6.39. The van der Waals surface area contributed by atoms with Crippen LogP contribution in [0.2, 0.25) is 0 Å². The Hall–Kier alpha value is -4.47. The molecule has 5 nitrogen and oxygen atoms in total. The second kappa shape index (κ2) is 13.2. The van der Waals surface area contributed by atoms with E-state index in [2.05, 4.69) is 120 Å². The number of pyridine rings is 1. The Labute approximate surface area is 297 Å². The fourth-order valence-corrected chi connectivity index (χ4v) is 6.57. The summed E-state index contributed by atoms with van der Waals surface area (Å²) in [5, 5.41) is 7.02. The van der Waals surface area contributed by atoms with Crippen LogP contribution < -0.4 is 4.74 Å². The monoisotopic (exact) mass is 811 g/mol. The minimum Gasteiger partial charge on any atom is -0.509 e. The molecular formula is C42H40N4OPt. The van der Waals surface area contributed by atoms with Crippen molar-refractivity contribution < 1.29 is 25.8 Å². The Bertz CT molecular complexity index is 2250. The Morgan fingerprint density at radius 2 is 1.65 bits per heavy atom. The summed E-state index contributed by atoms with van der Waals surface area (Å²) in [6.07, 6.45) is 6.97. The van der Waals surface area contributed by atoms with Gasteiger partial charge in [0.05, 0.1) is 6.20 Å². The van der Waals surface area contributed by atoms with Crippen molar-refractivity contribution in [1.29, 1.82) is 0 Å². The summed E-state index contributed by atoms with van der Waals surface area (Å²) in [5.41, 5.74) is 10.3. The third-order valence-electron chi connectivity index (χ3n) is 8.63. The molecule has 0 N–H and O–H groups in total. The molecule has 48 heavy (non-hydrogen) atoms. The molecule has 7 aromatic rings. The van der Waals surface area contributed by atoms with Gasteiger partial charge < -0.3 is 9.30 Å². The predicted molar refractivity (Wildman–Crippen MR) is 192 cm³/mol. The van der Waals surface area contributed by atoms with Crippen molar-refractivity contribution >= 4 is 21.8 Å². The number of aryl methyl sites for hydroxylation is 2. The van der Waals surface area contributed by atoms with Crippen LogP contribution >= 0.6 is 0 Å². The van der Waals surface area contributed by atoms with E-state index in [4.69, 9.17) is 14.8 Å². The number of nitrogens with zero attached hydrogens (tertiary/aromatic N) is 4. The number of fused-ring (bicyclic) bond motifs is 3. The smallest absolute Gasteiger partial charge is 0.509 e. The number of rotatable bonds is 7. The van der Waals surface area contributed by atoms with Crippen LogP contribution in [0.5, 0.6) is 11.5 Å². The zero-order chi connectivity index (χ0) is 32.9. The zero-order valence-corrected chi connectivity index (χ0v) is 30.8. The van der Waals surface area contributed by atoms with Gasteiger partial charge >= 0.3 is 21.1 Å². The molecule has 0 radical (unpaired) electrons. The van der Waals surface area contributed by atoms with E-state index in [0.717, 1.165) is 50.9 Å². The summed E-state index contributed by atoms with van der Waals surface area (Å²) >= 11 is 0. The summed E-state index contributed by atoms with van der Waals surface area (Å²) in [5.74, 6) is 2.66. The summed E-state index contributed by atoms with van der Waals surface area (Å²) in [6.45, 7) is 15.7. The molecule has 0 bridgehead atoms. The van der Waals surface area contributed by atoms with E-state index >= 15 is 0 Å². The zero-order valence-electron chi connectivity index (χ0n) is 28.5. The van der Waals surface area contributed by atoms with E-state index < -0.39 is 0 Å². The van der Waals surface area contributed by atoms with Crippen molar-refractivity contribution in [3.8, 4) is 34.1 Å². The molecule has 0 unspecified atom stereocenters. The van der Waals surface area contributed by atoms with Crippen molar-refractivity contribution in [1.82, 2.24) is 19.3 Å². The van der Waals surface area contributed by atoms with Crippen molar-refractivity contribution in [2.24, 2.45) is 5.92 Å². The van der Waals surface area contributed by atoms with Crippen molar-refractivity contribution in [3.63, 3.8) is 0 Å². The molecule has 7 rings (SSSR count). The predicted octanol–water partition coefficient (Wildman–Crippen LogP) is 10.5. The first-order chi connectivity index (χ1) is 22.5. The van der Waals surface area contributed by atoms with Gasteiger partial charge in [-0.2, -0.15) is 17.2 Å². The van der Waals surface area contributed by atoms with Crippen LogP contribution in [0.3, 0.4) is 0 Å². The van der Waals surface area contributed by atoms with Crippen LogP contribution in [0.1, 0.15) is 56.9 Å². The Kier molecular flexibility index (Phi) is 9.20. The van der Waals surface area contributed by atoms with Gasteiger partial charge in [-0.1, -0.05) is 70.5 Å². The number of hydrogen-bond donors (Lipinski definition) is 0. The normalized spacial score (nSPS) is 11.8. The SMILES string of the molecule is Cc1ccnc(-n2c3[c-]c(Oc4[c-]c(-n5cc(-c6c(C)cc(CC(C)C)cc6C(C)(C)C)cn5)ccc4)ccc3c3ccccc32)c1.[Pt+2]. The van der Waals surface area contributed by atoms with Gasteiger partial charge in [0.15, 0.2) is 0 Å². The van der Waals surface area contributed by atoms with Crippen LogP contribution in [0.4, 0.5) is 0 Å². The van der Waals surface area contributed by atoms with Gasteiger partial charge in [0.25, 0.3) is 0 Å². The molecule has 0 saturated carbocycles. The number of hydrogen-bond acceptors (Lipinski definition) is 3. The van der Waals surface area contributed by atoms with Gasteiger partial charge in [0, 0.05) is 35.0 Å². The molecule has 0 fully saturated rings. The maximum Gasteiger partial charge on any atom is 2.00 e. The average Bonchev–Trinajstić information content (AvgIpc) is 3.63. The topological polar surface area (TPSA) is 44.9 Å². The van der Waals surface area contributed by atoms with E-state index in [-0.39, 0.29) is 26.5 Å². The van der Waals surface area contributed by atoms with Gasteiger partial charge in [0.1, 0.15) is 5.82 Å². The molecule has 0 aliphatic heterocycles. The molecule has 0 atom stereocenters. The number of aromatic nitrogens is 4. The molecule has 0 saturated heterocycles. The van der Waals surface area contributed by atoms with E-state index in [0.29, 0.717) is 17.4 Å². The van der Waals surface area contributed by atoms with Crippen LogP contribution in [-0.2, 0) is 32.9 Å². The van der Waals surface area contributed by atoms with E-state index in [1.807, 2.05) is 47.4 Å².